The molecule has 0 spiro atoms. The summed E-state index contributed by atoms with van der Waals surface area (Å²) in [6.45, 7) is 1.29. The number of ether oxygens (including phenoxy) is 3. The van der Waals surface area contributed by atoms with Gasteiger partial charge in [-0.25, -0.2) is 17.9 Å². The summed E-state index contributed by atoms with van der Waals surface area (Å²) in [7, 11) is 2.57. The first kappa shape index (κ1) is 39.7. The van der Waals surface area contributed by atoms with Crippen molar-refractivity contribution in [2.24, 2.45) is 7.05 Å². The minimum atomic E-state index is -3.75. The molecule has 2 fully saturated rings. The number of aliphatic hydroxyl groups is 1. The van der Waals surface area contributed by atoms with Crippen LogP contribution in [-0.4, -0.2) is 122 Å². The highest BCUT2D eigenvalue weighted by Crippen LogP contribution is 2.41. The normalized spacial score (nSPS) is 19.8. The quantitative estimate of drug-likeness (QED) is 0.143. The number of methoxy groups -OCH3 is 2. The molecule has 4 aliphatic rings. The van der Waals surface area contributed by atoms with Crippen LogP contribution in [0.3, 0.4) is 0 Å². The van der Waals surface area contributed by atoms with Crippen LogP contribution in [0.2, 0.25) is 0 Å². The summed E-state index contributed by atoms with van der Waals surface area (Å²) >= 11 is 0. The molecule has 2 unspecified atom stereocenters. The minimum Gasteiger partial charge on any atom is -0.496 e. The number of piperidine rings is 1. The first-order valence-electron chi connectivity index (χ1n) is 18.5. The lowest BCUT2D eigenvalue weighted by Gasteiger charge is -2.39. The third-order valence-electron chi connectivity index (χ3n) is 11.0. The topological polar surface area (TPSA) is 218 Å². The van der Waals surface area contributed by atoms with Gasteiger partial charge in [-0.2, -0.15) is 0 Å². The second kappa shape index (κ2) is 15.8. The van der Waals surface area contributed by atoms with Gasteiger partial charge in [0, 0.05) is 76.1 Å². The lowest BCUT2D eigenvalue weighted by molar-refractivity contribution is -0.139. The lowest BCUT2D eigenvalue weighted by Crippen LogP contribution is -2.57. The molecule has 19 heteroatoms. The Morgan fingerprint density at radius 2 is 1.74 bits per heavy atom. The van der Waals surface area contributed by atoms with Gasteiger partial charge in [0.2, 0.25) is 21.8 Å². The molecule has 4 aliphatic heterocycles. The summed E-state index contributed by atoms with van der Waals surface area (Å²) in [6, 6.07) is 7.14. The van der Waals surface area contributed by atoms with Crippen LogP contribution in [0.4, 0.5) is 4.79 Å². The molecule has 18 nitrogen and oxygen atoms in total. The predicted molar refractivity (Wildman–Crippen MR) is 204 cm³/mol. The molecule has 2 aromatic carbocycles. The summed E-state index contributed by atoms with van der Waals surface area (Å²) in [5, 5.41) is 15.0. The fraction of sp³-hybridized carbons (Fsp3) is 0.447. The van der Waals surface area contributed by atoms with Crippen LogP contribution >= 0.6 is 0 Å². The van der Waals surface area contributed by atoms with Gasteiger partial charge in [-0.15, -0.1) is 0 Å². The molecule has 4 N–H and O–H groups in total. The van der Waals surface area contributed by atoms with Crippen LogP contribution in [0.5, 0.6) is 17.2 Å². The van der Waals surface area contributed by atoms with Gasteiger partial charge in [-0.05, 0) is 42.2 Å². The van der Waals surface area contributed by atoms with Crippen molar-refractivity contribution in [2.45, 2.75) is 49.9 Å². The number of aliphatic hydroxyl groups excluding tert-OH is 1. The zero-order valence-electron chi connectivity index (χ0n) is 32.0. The van der Waals surface area contributed by atoms with Crippen molar-refractivity contribution < 1.29 is 46.9 Å². The highest BCUT2D eigenvalue weighted by Gasteiger charge is 2.46. The van der Waals surface area contributed by atoms with E-state index in [1.807, 2.05) is 17.0 Å². The van der Waals surface area contributed by atoms with Crippen molar-refractivity contribution in [3.05, 3.63) is 74.7 Å². The molecule has 2 saturated heterocycles. The van der Waals surface area contributed by atoms with E-state index in [1.165, 1.54) is 10.6 Å². The van der Waals surface area contributed by atoms with Crippen molar-refractivity contribution in [3.8, 4) is 28.4 Å². The van der Waals surface area contributed by atoms with E-state index in [-0.39, 0.29) is 74.1 Å². The number of aromatic nitrogens is 1. The molecule has 5 heterocycles. The molecule has 3 aromatic rings. The number of nitrogens with zero attached hydrogens (tertiary/aromatic N) is 4. The lowest BCUT2D eigenvalue weighted by atomic mass is 9.91. The second-order valence-electron chi connectivity index (χ2n) is 14.4. The molecule has 304 valence electrons. The molecular formula is C38H45N7O11S. The summed E-state index contributed by atoms with van der Waals surface area (Å²) < 4.78 is 48.0. The first-order valence-corrected chi connectivity index (χ1v) is 20.0. The second-order valence-corrected chi connectivity index (χ2v) is 16.4. The molecular weight excluding hydrogens is 763 g/mol. The number of carbonyl (C=O) groups excluding carboxylic acids is 4. The van der Waals surface area contributed by atoms with Gasteiger partial charge >= 0.3 is 6.03 Å². The minimum absolute atomic E-state index is 0.0330. The SMILES string of the molecule is CNC(=O)N1CCc2c(-c3cc(OC)c(CN4CC(S(=O)(=O)NCCOc5cccc6c5C(=O)N(C5CCC(=O)NC5=O)C6O)C4)c(OC)c3)cn(C)c(=O)c2C1. The molecule has 0 aliphatic carbocycles. The van der Waals surface area contributed by atoms with E-state index < -0.39 is 45.3 Å². The number of amides is 5. The van der Waals surface area contributed by atoms with Crippen LogP contribution < -0.4 is 35.1 Å². The van der Waals surface area contributed by atoms with Gasteiger partial charge in [0.15, 0.2) is 6.23 Å². The Labute approximate surface area is 328 Å². The molecule has 0 saturated carbocycles. The Kier molecular flexibility index (Phi) is 11.0. The number of imide groups is 1. The van der Waals surface area contributed by atoms with E-state index in [9.17, 15) is 37.5 Å². The Balaban J connectivity index is 0.970. The largest absolute Gasteiger partial charge is 0.496 e. The van der Waals surface area contributed by atoms with Gasteiger partial charge < -0.3 is 34.1 Å². The third-order valence-corrected chi connectivity index (χ3v) is 12.8. The van der Waals surface area contributed by atoms with Crippen molar-refractivity contribution in [3.63, 3.8) is 0 Å². The van der Waals surface area contributed by atoms with Crippen LogP contribution in [0.25, 0.3) is 11.1 Å². The van der Waals surface area contributed by atoms with E-state index in [4.69, 9.17) is 14.2 Å². The molecule has 57 heavy (non-hydrogen) atoms. The third kappa shape index (κ3) is 7.42. The average molecular weight is 808 g/mol. The van der Waals surface area contributed by atoms with Gasteiger partial charge in [-0.1, -0.05) is 12.1 Å². The maximum atomic E-state index is 13.4. The number of rotatable bonds is 12. The van der Waals surface area contributed by atoms with E-state index >= 15 is 0 Å². The fourth-order valence-electron chi connectivity index (χ4n) is 7.97. The number of fused-ring (bicyclic) bond motifs is 2. The number of urea groups is 1. The highest BCUT2D eigenvalue weighted by atomic mass is 32.2. The number of benzene rings is 2. The fourth-order valence-corrected chi connectivity index (χ4v) is 9.39. The zero-order valence-corrected chi connectivity index (χ0v) is 32.8. The van der Waals surface area contributed by atoms with Crippen LogP contribution in [0.1, 0.15) is 51.7 Å². The number of pyridine rings is 1. The monoisotopic (exact) mass is 807 g/mol. The first-order chi connectivity index (χ1) is 27.3. The van der Waals surface area contributed by atoms with Crippen molar-refractivity contribution in [2.75, 3.05) is 54.1 Å². The number of likely N-dealkylation sites (tertiary alicyclic amines) is 1. The number of hydrogen-bond donors (Lipinski definition) is 4. The summed E-state index contributed by atoms with van der Waals surface area (Å²) in [5.74, 6) is -0.520. The maximum absolute atomic E-state index is 13.4. The molecule has 7 rings (SSSR count). The molecule has 0 bridgehead atoms. The number of nitrogens with one attached hydrogen (secondary N) is 3. The Morgan fingerprint density at radius 3 is 2.40 bits per heavy atom. The number of hydrogen-bond acceptors (Lipinski definition) is 12. The molecule has 5 amide bonds. The van der Waals surface area contributed by atoms with Gasteiger partial charge in [0.05, 0.1) is 31.9 Å². The van der Waals surface area contributed by atoms with E-state index in [0.717, 1.165) is 27.2 Å². The van der Waals surface area contributed by atoms with Crippen molar-refractivity contribution >= 4 is 33.8 Å². The average Bonchev–Trinajstić information content (AvgIpc) is 3.44. The maximum Gasteiger partial charge on any atom is 0.317 e. The molecule has 0 radical (unpaired) electrons. The van der Waals surface area contributed by atoms with Crippen LogP contribution in [0, 0.1) is 0 Å². The number of carbonyl (C=O) groups is 4. The Hall–Kier alpha value is -5.50. The summed E-state index contributed by atoms with van der Waals surface area (Å²) in [6.07, 6.45) is 0.973. The van der Waals surface area contributed by atoms with E-state index in [1.54, 1.807) is 51.5 Å². The van der Waals surface area contributed by atoms with Gasteiger partial charge in [0.1, 0.15) is 35.1 Å². The molecule has 1 aromatic heterocycles. The van der Waals surface area contributed by atoms with Gasteiger partial charge in [-0.3, -0.25) is 34.3 Å². The van der Waals surface area contributed by atoms with E-state index in [2.05, 4.69) is 15.4 Å². The number of sulfonamides is 1. The van der Waals surface area contributed by atoms with Crippen molar-refractivity contribution in [1.82, 2.24) is 34.6 Å². The Bertz CT molecular complexity index is 2280. The van der Waals surface area contributed by atoms with Gasteiger partial charge in [0.25, 0.3) is 11.5 Å². The highest BCUT2D eigenvalue weighted by molar-refractivity contribution is 7.90. The van der Waals surface area contributed by atoms with Crippen LogP contribution in [0.15, 0.2) is 41.3 Å². The Morgan fingerprint density at radius 1 is 1.02 bits per heavy atom. The summed E-state index contributed by atoms with van der Waals surface area (Å²) in [4.78, 5) is 67.5. The van der Waals surface area contributed by atoms with E-state index in [0.29, 0.717) is 36.6 Å². The summed E-state index contributed by atoms with van der Waals surface area (Å²) in [5.41, 5.74) is 3.91. The standard InChI is InChI=1S/C38H45N7O11S/c1-39-38(51)44-12-10-23-25(18-42(2)35(48)26(23)20-44)21-14-30(54-3)27(31(15-21)55-4)19-43-16-22(17-43)57(52,53)40-11-13-56-29-7-5-6-24-33(29)37(50)45(36(24)49)28-8-9-32(46)41-34(28)47/h5-7,14-15,18,22,28,36,40,49H,8-13,16-17,19-20H2,1-4H3,(H,39,51)(H,41,46,47). The molecule has 2 atom stereocenters. The smallest absolute Gasteiger partial charge is 0.317 e. The zero-order chi connectivity index (χ0) is 40.8. The van der Waals surface area contributed by atoms with Crippen LogP contribution in [-0.2, 0) is 46.2 Å². The van der Waals surface area contributed by atoms with Crippen molar-refractivity contribution in [1.29, 1.82) is 0 Å². The number of aryl methyl sites for hydroxylation is 1. The predicted octanol–water partition coefficient (Wildman–Crippen LogP) is 0.202.